The first-order valence-corrected chi connectivity index (χ1v) is 16.4. The largest absolute Gasteiger partial charge is 0.394 e. The van der Waals surface area contributed by atoms with Crippen molar-refractivity contribution in [2.75, 3.05) is 6.61 Å². The lowest BCUT2D eigenvalue weighted by molar-refractivity contribution is -0.123. The van der Waals surface area contributed by atoms with Crippen molar-refractivity contribution in [2.45, 2.75) is 187 Å². The monoisotopic (exact) mass is 523 g/mol. The van der Waals surface area contributed by atoms with Gasteiger partial charge in [-0.25, -0.2) is 0 Å². The second-order valence-electron chi connectivity index (χ2n) is 11.2. The Hall–Kier alpha value is -0.870. The van der Waals surface area contributed by atoms with E-state index >= 15 is 0 Å². The van der Waals surface area contributed by atoms with Crippen LogP contribution in [0, 0.1) is 0 Å². The fourth-order valence-electron chi connectivity index (χ4n) is 4.94. The Morgan fingerprint density at radius 1 is 0.622 bits per heavy atom. The number of unbranched alkanes of at least 4 members (excludes halogenated alkanes) is 20. The van der Waals surface area contributed by atoms with E-state index in [1.807, 2.05) is 0 Å². The van der Waals surface area contributed by atoms with Gasteiger partial charge in [0.1, 0.15) is 0 Å². The highest BCUT2D eigenvalue weighted by molar-refractivity contribution is 5.76. The Morgan fingerprint density at radius 3 is 1.49 bits per heavy atom. The van der Waals surface area contributed by atoms with Crippen molar-refractivity contribution in [3.63, 3.8) is 0 Å². The molecular formula is C33H65NO3. The minimum absolute atomic E-state index is 0.0436. The molecule has 220 valence electrons. The predicted molar refractivity (Wildman–Crippen MR) is 161 cm³/mol. The third-order valence-corrected chi connectivity index (χ3v) is 7.53. The van der Waals surface area contributed by atoms with Gasteiger partial charge in [-0.05, 0) is 38.5 Å². The van der Waals surface area contributed by atoms with E-state index < -0.39 is 12.1 Å². The Labute approximate surface area is 231 Å². The standard InChI is InChI=1S/C33H65NO3/c1-3-5-7-9-11-13-15-16-17-19-20-22-24-26-28-32(36)31(30-35)34-33(37)29-27-25-23-21-18-14-12-10-8-6-4-2/h19-20,31-32,35-36H,3-18,21-30H2,1-2H3,(H,34,37)/b20-19+/t31-,32+/m0/s1. The van der Waals surface area contributed by atoms with Crippen LogP contribution >= 0.6 is 0 Å². The number of allylic oxidation sites excluding steroid dienone is 2. The van der Waals surface area contributed by atoms with Crippen LogP contribution in [0.1, 0.15) is 174 Å². The van der Waals surface area contributed by atoms with Gasteiger partial charge < -0.3 is 15.5 Å². The summed E-state index contributed by atoms with van der Waals surface area (Å²) in [6.45, 7) is 4.32. The number of nitrogens with one attached hydrogen (secondary N) is 1. The van der Waals surface area contributed by atoms with Crippen molar-refractivity contribution < 1.29 is 15.0 Å². The lowest BCUT2D eigenvalue weighted by atomic mass is 10.0. The molecule has 0 heterocycles. The number of hydrogen-bond acceptors (Lipinski definition) is 3. The molecule has 0 spiro atoms. The van der Waals surface area contributed by atoms with Crippen molar-refractivity contribution in [3.8, 4) is 0 Å². The summed E-state index contributed by atoms with van der Waals surface area (Å²) in [5.74, 6) is -0.0436. The van der Waals surface area contributed by atoms with Crippen LogP contribution < -0.4 is 5.32 Å². The molecule has 1 amide bonds. The Morgan fingerprint density at radius 2 is 1.03 bits per heavy atom. The predicted octanol–water partition coefficient (Wildman–Crippen LogP) is 9.17. The molecule has 2 atom stereocenters. The molecule has 0 aliphatic carbocycles. The number of aliphatic hydroxyl groups excluding tert-OH is 2. The van der Waals surface area contributed by atoms with Crippen molar-refractivity contribution >= 4 is 5.91 Å². The van der Waals surface area contributed by atoms with Gasteiger partial charge in [0.05, 0.1) is 18.8 Å². The van der Waals surface area contributed by atoms with Gasteiger partial charge in [0, 0.05) is 6.42 Å². The van der Waals surface area contributed by atoms with E-state index in [2.05, 4.69) is 31.3 Å². The zero-order valence-corrected chi connectivity index (χ0v) is 25.0. The highest BCUT2D eigenvalue weighted by Crippen LogP contribution is 2.13. The third-order valence-electron chi connectivity index (χ3n) is 7.53. The van der Waals surface area contributed by atoms with Crippen LogP contribution in [0.3, 0.4) is 0 Å². The van der Waals surface area contributed by atoms with Crippen LogP contribution in [0.15, 0.2) is 12.2 Å². The van der Waals surface area contributed by atoms with Gasteiger partial charge in [0.15, 0.2) is 0 Å². The number of aliphatic hydroxyl groups is 2. The molecule has 37 heavy (non-hydrogen) atoms. The molecule has 0 unspecified atom stereocenters. The van der Waals surface area contributed by atoms with Crippen LogP contribution in [-0.4, -0.2) is 34.9 Å². The molecule has 3 N–H and O–H groups in total. The van der Waals surface area contributed by atoms with Gasteiger partial charge in [-0.2, -0.15) is 0 Å². The molecule has 4 heteroatoms. The number of carbonyl (C=O) groups excluding carboxylic acids is 1. The minimum atomic E-state index is -0.674. The van der Waals surface area contributed by atoms with Crippen molar-refractivity contribution in [3.05, 3.63) is 12.2 Å². The second kappa shape index (κ2) is 29.7. The SMILES string of the molecule is CCCCCCCCCC/C=C/CCCC[C@@H](O)[C@H](CO)NC(=O)CCCCCCCCCCCCC. The summed E-state index contributed by atoms with van der Waals surface area (Å²) >= 11 is 0. The normalized spacial score (nSPS) is 13.3. The molecule has 0 bridgehead atoms. The molecule has 0 aromatic rings. The van der Waals surface area contributed by atoms with Crippen molar-refractivity contribution in [1.29, 1.82) is 0 Å². The van der Waals surface area contributed by atoms with Gasteiger partial charge >= 0.3 is 0 Å². The highest BCUT2D eigenvalue weighted by atomic mass is 16.3. The average Bonchev–Trinajstić information content (AvgIpc) is 2.90. The van der Waals surface area contributed by atoms with Crippen LogP contribution in [-0.2, 0) is 4.79 Å². The van der Waals surface area contributed by atoms with Crippen molar-refractivity contribution in [1.82, 2.24) is 5.32 Å². The third kappa shape index (κ3) is 26.5. The first kappa shape index (κ1) is 36.1. The zero-order valence-electron chi connectivity index (χ0n) is 25.0. The van der Waals surface area contributed by atoms with E-state index in [-0.39, 0.29) is 12.5 Å². The molecular weight excluding hydrogens is 458 g/mol. The smallest absolute Gasteiger partial charge is 0.220 e. The van der Waals surface area contributed by atoms with Crippen LogP contribution in [0.5, 0.6) is 0 Å². The molecule has 0 aliphatic heterocycles. The number of rotatable bonds is 29. The first-order chi connectivity index (χ1) is 18.2. The summed E-state index contributed by atoms with van der Waals surface area (Å²) in [4.78, 5) is 12.2. The Bertz CT molecular complexity index is 494. The fraction of sp³-hybridized carbons (Fsp3) is 0.909. The van der Waals surface area contributed by atoms with Crippen LogP contribution in [0.4, 0.5) is 0 Å². The molecule has 0 saturated carbocycles. The van der Waals surface area contributed by atoms with E-state index in [9.17, 15) is 15.0 Å². The summed E-state index contributed by atoms with van der Waals surface area (Å²) in [5.41, 5.74) is 0. The molecule has 0 fully saturated rings. The van der Waals surface area contributed by atoms with E-state index in [4.69, 9.17) is 0 Å². The highest BCUT2D eigenvalue weighted by Gasteiger charge is 2.19. The van der Waals surface area contributed by atoms with Crippen LogP contribution in [0.2, 0.25) is 0 Å². The molecule has 4 nitrogen and oxygen atoms in total. The molecule has 0 aliphatic rings. The lowest BCUT2D eigenvalue weighted by Crippen LogP contribution is -2.45. The maximum atomic E-state index is 12.2. The average molecular weight is 524 g/mol. The number of carbonyl (C=O) groups is 1. The summed E-state index contributed by atoms with van der Waals surface area (Å²) in [6, 6.07) is -0.544. The Balaban J connectivity index is 3.63. The Kier molecular flexibility index (Phi) is 29.0. The fourth-order valence-corrected chi connectivity index (χ4v) is 4.94. The molecule has 0 radical (unpaired) electrons. The van der Waals surface area contributed by atoms with Crippen LogP contribution in [0.25, 0.3) is 0 Å². The lowest BCUT2D eigenvalue weighted by Gasteiger charge is -2.22. The molecule has 0 rings (SSSR count). The first-order valence-electron chi connectivity index (χ1n) is 16.4. The van der Waals surface area contributed by atoms with E-state index in [0.29, 0.717) is 12.8 Å². The molecule has 0 saturated heterocycles. The molecule has 0 aromatic heterocycles. The summed E-state index contributed by atoms with van der Waals surface area (Å²) in [7, 11) is 0. The second-order valence-corrected chi connectivity index (χ2v) is 11.2. The minimum Gasteiger partial charge on any atom is -0.394 e. The van der Waals surface area contributed by atoms with E-state index in [1.54, 1.807) is 0 Å². The van der Waals surface area contributed by atoms with E-state index in [1.165, 1.54) is 116 Å². The molecule has 0 aromatic carbocycles. The number of hydrogen-bond donors (Lipinski definition) is 3. The maximum absolute atomic E-state index is 12.2. The van der Waals surface area contributed by atoms with E-state index in [0.717, 1.165) is 32.1 Å². The van der Waals surface area contributed by atoms with Gasteiger partial charge in [-0.3, -0.25) is 4.79 Å². The quantitative estimate of drug-likeness (QED) is 0.0676. The van der Waals surface area contributed by atoms with Crippen molar-refractivity contribution in [2.24, 2.45) is 0 Å². The summed E-state index contributed by atoms with van der Waals surface area (Å²) < 4.78 is 0. The summed E-state index contributed by atoms with van der Waals surface area (Å²) in [5, 5.41) is 22.9. The topological polar surface area (TPSA) is 69.6 Å². The maximum Gasteiger partial charge on any atom is 0.220 e. The van der Waals surface area contributed by atoms with Gasteiger partial charge in [0.25, 0.3) is 0 Å². The zero-order chi connectivity index (χ0) is 27.2. The van der Waals surface area contributed by atoms with Gasteiger partial charge in [0.2, 0.25) is 5.91 Å². The van der Waals surface area contributed by atoms with Gasteiger partial charge in [-0.15, -0.1) is 0 Å². The number of amides is 1. The summed E-state index contributed by atoms with van der Waals surface area (Å²) in [6.07, 6.45) is 34.0. The van der Waals surface area contributed by atoms with Gasteiger partial charge in [-0.1, -0.05) is 142 Å².